The highest BCUT2D eigenvalue weighted by Crippen LogP contribution is 2.13. The highest BCUT2D eigenvalue weighted by molar-refractivity contribution is 5.82. The van der Waals surface area contributed by atoms with Crippen LogP contribution in [0.3, 0.4) is 0 Å². The van der Waals surface area contributed by atoms with E-state index in [4.69, 9.17) is 14.9 Å². The van der Waals surface area contributed by atoms with E-state index >= 15 is 0 Å². The minimum Gasteiger partial charge on any atom is -0.481 e. The molecule has 0 aliphatic heterocycles. The van der Waals surface area contributed by atoms with E-state index in [0.29, 0.717) is 17.6 Å². The Kier molecular flexibility index (Phi) is 18.4. The van der Waals surface area contributed by atoms with E-state index in [2.05, 4.69) is 0 Å². The second kappa shape index (κ2) is 19.3. The van der Waals surface area contributed by atoms with Crippen LogP contribution >= 0.6 is 0 Å². The summed E-state index contributed by atoms with van der Waals surface area (Å²) in [6.07, 6.45) is 19.4. The van der Waals surface area contributed by atoms with Gasteiger partial charge in [-0.3, -0.25) is 4.79 Å². The van der Waals surface area contributed by atoms with Gasteiger partial charge in [0.2, 0.25) is 0 Å². The first kappa shape index (κ1) is 29.6. The molecule has 0 aromatic heterocycles. The van der Waals surface area contributed by atoms with E-state index in [9.17, 15) is 9.59 Å². The maximum absolute atomic E-state index is 11.9. The summed E-state index contributed by atoms with van der Waals surface area (Å²) in [6.45, 7) is 0.797. The predicted molar refractivity (Wildman–Crippen MR) is 126 cm³/mol. The van der Waals surface area contributed by atoms with Gasteiger partial charge < -0.3 is 19.4 Å². The molecule has 0 aromatic carbocycles. The smallest absolute Gasteiger partial charge is 0.330 e. The van der Waals surface area contributed by atoms with Gasteiger partial charge in [-0.2, -0.15) is 0 Å². The van der Waals surface area contributed by atoms with Crippen molar-refractivity contribution in [3.8, 4) is 0 Å². The quantitative estimate of drug-likeness (QED) is 0.112. The van der Waals surface area contributed by atoms with E-state index in [-0.39, 0.29) is 6.42 Å². The number of carboxylic acids is 1. The van der Waals surface area contributed by atoms with E-state index in [1.165, 1.54) is 70.3 Å². The monoisotopic (exact) mass is 442 g/mol. The normalized spacial score (nSPS) is 12.9. The fourth-order valence-electron chi connectivity index (χ4n) is 3.65. The number of unbranched alkanes of at least 4 members (excludes halogenated alkanes) is 13. The average molecular weight is 443 g/mol. The zero-order valence-electron chi connectivity index (χ0n) is 20.3. The molecule has 0 bridgehead atoms. The SMILES string of the molecule is C[N+](C)(C)CC(CC(=O)O)OC(=O)C=CCCCCCCCCCCCCCCCO. The van der Waals surface area contributed by atoms with Crippen molar-refractivity contribution in [2.75, 3.05) is 34.3 Å². The summed E-state index contributed by atoms with van der Waals surface area (Å²) in [4.78, 5) is 22.9. The first-order valence-electron chi connectivity index (χ1n) is 12.2. The van der Waals surface area contributed by atoms with Crippen molar-refractivity contribution >= 4 is 11.9 Å². The Labute approximate surface area is 190 Å². The van der Waals surface area contributed by atoms with Gasteiger partial charge in [0.1, 0.15) is 6.54 Å². The summed E-state index contributed by atoms with van der Waals surface area (Å²) < 4.78 is 5.87. The number of carboxylic acid groups (broad SMARTS) is 1. The van der Waals surface area contributed by atoms with Crippen molar-refractivity contribution in [1.82, 2.24) is 0 Å². The van der Waals surface area contributed by atoms with Gasteiger partial charge >= 0.3 is 11.9 Å². The zero-order valence-corrected chi connectivity index (χ0v) is 20.3. The van der Waals surface area contributed by atoms with Crippen molar-refractivity contribution < 1.29 is 29.0 Å². The summed E-state index contributed by atoms with van der Waals surface area (Å²) >= 11 is 0. The summed E-state index contributed by atoms with van der Waals surface area (Å²) in [5.74, 6) is -1.41. The molecular formula is C25H48NO5+. The van der Waals surface area contributed by atoms with Crippen LogP contribution in [0.1, 0.15) is 96.3 Å². The van der Waals surface area contributed by atoms with Crippen LogP contribution < -0.4 is 0 Å². The van der Waals surface area contributed by atoms with Crippen molar-refractivity contribution in [2.45, 2.75) is 102 Å². The lowest BCUT2D eigenvalue weighted by molar-refractivity contribution is -0.873. The molecule has 31 heavy (non-hydrogen) atoms. The van der Waals surface area contributed by atoms with Crippen LogP contribution in [0, 0.1) is 0 Å². The van der Waals surface area contributed by atoms with Crippen LogP contribution in [-0.4, -0.2) is 67.0 Å². The van der Waals surface area contributed by atoms with E-state index in [1.807, 2.05) is 27.2 Å². The Bertz CT molecular complexity index is 485. The molecule has 0 saturated heterocycles. The number of aliphatic hydroxyl groups excluding tert-OH is 1. The van der Waals surface area contributed by atoms with Gasteiger partial charge in [0.25, 0.3) is 0 Å². The number of rotatable bonds is 21. The molecule has 0 aromatic rings. The summed E-state index contributed by atoms with van der Waals surface area (Å²) in [6, 6.07) is 0. The Balaban J connectivity index is 3.64. The second-order valence-electron chi connectivity index (χ2n) is 9.64. The number of hydrogen-bond acceptors (Lipinski definition) is 4. The molecular weight excluding hydrogens is 394 g/mol. The van der Waals surface area contributed by atoms with Gasteiger partial charge in [-0.15, -0.1) is 0 Å². The standard InChI is InChI=1S/C25H47NO5/c1-26(2,3)22-23(21-24(28)29)31-25(30)19-17-15-13-11-9-7-5-4-6-8-10-12-14-16-18-20-27/h17,19,23,27H,4-16,18,20-22H2,1-3H3/p+1. The van der Waals surface area contributed by atoms with Crippen molar-refractivity contribution in [3.63, 3.8) is 0 Å². The molecule has 1 unspecified atom stereocenters. The van der Waals surface area contributed by atoms with Crippen LogP contribution in [0.4, 0.5) is 0 Å². The third-order valence-corrected chi connectivity index (χ3v) is 5.22. The maximum atomic E-state index is 11.9. The van der Waals surface area contributed by atoms with Crippen LogP contribution in [0.15, 0.2) is 12.2 Å². The molecule has 0 rings (SSSR count). The molecule has 2 N–H and O–H groups in total. The number of carbonyl (C=O) groups excluding carboxylic acids is 1. The number of nitrogens with zero attached hydrogens (tertiary/aromatic N) is 1. The molecule has 0 amide bonds. The first-order valence-corrected chi connectivity index (χ1v) is 12.2. The van der Waals surface area contributed by atoms with Crippen LogP contribution in [-0.2, 0) is 14.3 Å². The average Bonchev–Trinajstić information content (AvgIpc) is 2.65. The lowest BCUT2D eigenvalue weighted by Gasteiger charge is -2.28. The van der Waals surface area contributed by atoms with Gasteiger partial charge in [-0.1, -0.05) is 76.7 Å². The molecule has 0 aliphatic rings. The van der Waals surface area contributed by atoms with E-state index in [0.717, 1.165) is 25.7 Å². The number of aliphatic hydroxyl groups is 1. The Morgan fingerprint density at radius 1 is 0.806 bits per heavy atom. The molecule has 0 aliphatic carbocycles. The van der Waals surface area contributed by atoms with Crippen molar-refractivity contribution in [2.24, 2.45) is 0 Å². The number of quaternary nitrogens is 1. The largest absolute Gasteiger partial charge is 0.481 e. The minimum absolute atomic E-state index is 0.167. The van der Waals surface area contributed by atoms with Gasteiger partial charge in [-0.25, -0.2) is 4.79 Å². The highest BCUT2D eigenvalue weighted by atomic mass is 16.5. The number of ether oxygens (including phenoxy) is 1. The van der Waals surface area contributed by atoms with Gasteiger partial charge in [-0.05, 0) is 19.3 Å². The number of esters is 1. The summed E-state index contributed by atoms with van der Waals surface area (Å²) in [5, 5.41) is 17.7. The third-order valence-electron chi connectivity index (χ3n) is 5.22. The Hall–Kier alpha value is -1.40. The number of carbonyl (C=O) groups is 2. The second-order valence-corrected chi connectivity index (χ2v) is 9.64. The van der Waals surface area contributed by atoms with Crippen molar-refractivity contribution in [3.05, 3.63) is 12.2 Å². The fraction of sp³-hybridized carbons (Fsp3) is 0.840. The van der Waals surface area contributed by atoms with E-state index in [1.54, 1.807) is 0 Å². The fourth-order valence-corrected chi connectivity index (χ4v) is 3.65. The lowest BCUT2D eigenvalue weighted by atomic mass is 10.0. The van der Waals surface area contributed by atoms with Crippen LogP contribution in [0.25, 0.3) is 0 Å². The number of hydrogen-bond donors (Lipinski definition) is 2. The molecule has 1 atom stereocenters. The number of aliphatic carboxylic acids is 1. The predicted octanol–water partition coefficient (Wildman–Crippen LogP) is 5.09. The Morgan fingerprint density at radius 2 is 1.26 bits per heavy atom. The molecule has 0 fully saturated rings. The zero-order chi connectivity index (χ0) is 23.4. The minimum atomic E-state index is -0.954. The molecule has 6 heteroatoms. The molecule has 0 radical (unpaired) electrons. The highest BCUT2D eigenvalue weighted by Gasteiger charge is 2.23. The topological polar surface area (TPSA) is 83.8 Å². The molecule has 0 heterocycles. The van der Waals surface area contributed by atoms with Gasteiger partial charge in [0.05, 0.1) is 27.6 Å². The number of allylic oxidation sites excluding steroid dienone is 1. The summed E-state index contributed by atoms with van der Waals surface area (Å²) in [7, 11) is 5.84. The van der Waals surface area contributed by atoms with Crippen LogP contribution in [0.5, 0.6) is 0 Å². The Morgan fingerprint density at radius 3 is 1.68 bits per heavy atom. The van der Waals surface area contributed by atoms with Gasteiger partial charge in [0, 0.05) is 12.7 Å². The van der Waals surface area contributed by atoms with Crippen molar-refractivity contribution in [1.29, 1.82) is 0 Å². The van der Waals surface area contributed by atoms with E-state index < -0.39 is 18.0 Å². The molecule has 182 valence electrons. The third kappa shape index (κ3) is 23.1. The lowest BCUT2D eigenvalue weighted by Crippen LogP contribution is -2.43. The molecule has 0 saturated carbocycles. The number of likely N-dealkylation sites (N-methyl/N-ethyl adjacent to an activating group) is 1. The summed E-state index contributed by atoms with van der Waals surface area (Å²) in [5.41, 5.74) is 0. The molecule has 0 spiro atoms. The maximum Gasteiger partial charge on any atom is 0.330 e. The molecule has 6 nitrogen and oxygen atoms in total. The van der Waals surface area contributed by atoms with Gasteiger partial charge in [0.15, 0.2) is 6.10 Å². The van der Waals surface area contributed by atoms with Crippen LogP contribution in [0.2, 0.25) is 0 Å². The first-order chi connectivity index (χ1) is 14.7.